The van der Waals surface area contributed by atoms with Crippen molar-refractivity contribution in [3.8, 4) is 0 Å². The molecule has 0 saturated heterocycles. The average Bonchev–Trinajstić information content (AvgIpc) is 3.22. The Balaban J connectivity index is 1.67. The van der Waals surface area contributed by atoms with Gasteiger partial charge in [-0.25, -0.2) is 9.67 Å². The Bertz CT molecular complexity index is 974. The molecule has 1 atom stereocenters. The van der Waals surface area contributed by atoms with Gasteiger partial charge in [-0.1, -0.05) is 29.8 Å². The number of benzene rings is 1. The number of carbonyl (C=O) groups excluding carboxylic acids is 1. The fraction of sp³-hybridized carbons (Fsp3) is 0.333. The molecule has 3 aromatic rings. The number of alkyl halides is 3. The zero-order valence-electron chi connectivity index (χ0n) is 15.5. The Labute approximate surface area is 159 Å². The quantitative estimate of drug-likeness (QED) is 0.722. The first-order valence-electron chi connectivity index (χ1n) is 8.52. The Morgan fingerprint density at radius 2 is 1.86 bits per heavy atom. The average molecular weight is 392 g/mol. The van der Waals surface area contributed by atoms with E-state index in [0.29, 0.717) is 6.54 Å². The largest absolute Gasteiger partial charge is 0.435 e. The maximum Gasteiger partial charge on any atom is 0.435 e. The van der Waals surface area contributed by atoms with E-state index in [1.807, 2.05) is 31.2 Å². The number of carbonyl (C=O) groups is 1. The molecule has 1 unspecified atom stereocenters. The maximum atomic E-state index is 12.8. The molecule has 0 spiro atoms. The lowest BCUT2D eigenvalue weighted by molar-refractivity contribution is -0.141. The van der Waals surface area contributed by atoms with Crippen LogP contribution in [0.4, 0.5) is 19.1 Å². The van der Waals surface area contributed by atoms with Crippen molar-refractivity contribution >= 4 is 11.9 Å². The van der Waals surface area contributed by atoms with E-state index in [1.54, 1.807) is 4.68 Å². The monoisotopic (exact) mass is 392 g/mol. The van der Waals surface area contributed by atoms with Gasteiger partial charge in [-0.2, -0.15) is 18.3 Å². The van der Waals surface area contributed by atoms with Crippen LogP contribution in [0.15, 0.2) is 36.7 Å². The standard InChI is InChI=1S/C18H19F3N6O/c1-11-4-6-14(7-5-11)9-26-10-22-17(25-26)23-16(28)13(3)27-12(2)8-15(24-27)18(19,20)21/h4-8,10,13H,9H2,1-3H3,(H,23,25,28). The van der Waals surface area contributed by atoms with E-state index >= 15 is 0 Å². The predicted octanol–water partition coefficient (Wildman–Crippen LogP) is 3.36. The summed E-state index contributed by atoms with van der Waals surface area (Å²) < 4.78 is 41.0. The molecule has 0 aliphatic carbocycles. The molecule has 3 rings (SSSR count). The predicted molar refractivity (Wildman–Crippen MR) is 95.6 cm³/mol. The molecular formula is C18H19F3N6O. The van der Waals surface area contributed by atoms with Crippen LogP contribution in [0.25, 0.3) is 0 Å². The summed E-state index contributed by atoms with van der Waals surface area (Å²) in [5, 5.41) is 10.2. The number of nitrogens with one attached hydrogen (secondary N) is 1. The Morgan fingerprint density at radius 1 is 1.18 bits per heavy atom. The van der Waals surface area contributed by atoms with Gasteiger partial charge in [-0.3, -0.25) is 14.8 Å². The molecule has 2 aromatic heterocycles. The molecule has 1 aromatic carbocycles. The van der Waals surface area contributed by atoms with Crippen LogP contribution in [0.3, 0.4) is 0 Å². The van der Waals surface area contributed by atoms with Crippen LogP contribution in [-0.4, -0.2) is 30.5 Å². The number of nitrogens with zero attached hydrogens (tertiary/aromatic N) is 5. The third-order valence-electron chi connectivity index (χ3n) is 4.20. The first kappa shape index (κ1) is 19.6. The first-order valence-corrected chi connectivity index (χ1v) is 8.52. The van der Waals surface area contributed by atoms with Crippen molar-refractivity contribution in [2.45, 2.75) is 39.5 Å². The van der Waals surface area contributed by atoms with E-state index in [1.165, 1.54) is 20.2 Å². The van der Waals surface area contributed by atoms with Crippen LogP contribution in [0.1, 0.15) is 35.5 Å². The van der Waals surface area contributed by atoms with Crippen molar-refractivity contribution in [2.75, 3.05) is 5.32 Å². The molecule has 0 aliphatic heterocycles. The molecule has 7 nitrogen and oxygen atoms in total. The van der Waals surface area contributed by atoms with Crippen LogP contribution >= 0.6 is 0 Å². The molecule has 0 bridgehead atoms. The van der Waals surface area contributed by atoms with Gasteiger partial charge in [-0.15, -0.1) is 5.10 Å². The van der Waals surface area contributed by atoms with Crippen LogP contribution in [0, 0.1) is 13.8 Å². The topological polar surface area (TPSA) is 77.6 Å². The van der Waals surface area contributed by atoms with E-state index < -0.39 is 23.8 Å². The van der Waals surface area contributed by atoms with Crippen LogP contribution in [-0.2, 0) is 17.5 Å². The SMILES string of the molecule is Cc1ccc(Cn2cnc(NC(=O)C(C)n3nc(C(F)(F)F)cc3C)n2)cc1. The summed E-state index contributed by atoms with van der Waals surface area (Å²) >= 11 is 0. The van der Waals surface area contributed by atoms with Gasteiger partial charge in [0.15, 0.2) is 5.69 Å². The summed E-state index contributed by atoms with van der Waals surface area (Å²) in [6, 6.07) is 7.85. The van der Waals surface area contributed by atoms with E-state index in [4.69, 9.17) is 0 Å². The second-order valence-corrected chi connectivity index (χ2v) is 6.53. The number of halogens is 3. The smallest absolute Gasteiger partial charge is 0.291 e. The van der Waals surface area contributed by atoms with Crippen LogP contribution in [0.2, 0.25) is 0 Å². The van der Waals surface area contributed by atoms with Gasteiger partial charge in [0.25, 0.3) is 5.91 Å². The van der Waals surface area contributed by atoms with E-state index in [9.17, 15) is 18.0 Å². The third-order valence-corrected chi connectivity index (χ3v) is 4.20. The molecule has 28 heavy (non-hydrogen) atoms. The van der Waals surface area contributed by atoms with E-state index in [0.717, 1.165) is 21.9 Å². The van der Waals surface area contributed by atoms with Crippen molar-refractivity contribution in [3.05, 3.63) is 59.2 Å². The molecule has 10 heteroatoms. The van der Waals surface area contributed by atoms with Gasteiger partial charge >= 0.3 is 6.18 Å². The fourth-order valence-electron chi connectivity index (χ4n) is 2.65. The van der Waals surface area contributed by atoms with E-state index in [2.05, 4.69) is 20.5 Å². The van der Waals surface area contributed by atoms with Gasteiger partial charge in [0.05, 0.1) is 6.54 Å². The molecule has 0 saturated carbocycles. The number of rotatable bonds is 5. The molecule has 0 radical (unpaired) electrons. The highest BCUT2D eigenvalue weighted by atomic mass is 19.4. The van der Waals surface area contributed by atoms with Crippen LogP contribution < -0.4 is 5.32 Å². The number of amides is 1. The lowest BCUT2D eigenvalue weighted by Crippen LogP contribution is -2.26. The number of hydrogen-bond donors (Lipinski definition) is 1. The minimum Gasteiger partial charge on any atom is -0.291 e. The zero-order chi connectivity index (χ0) is 20.5. The lowest BCUT2D eigenvalue weighted by atomic mass is 10.1. The van der Waals surface area contributed by atoms with Gasteiger partial charge in [-0.05, 0) is 32.4 Å². The highest BCUT2D eigenvalue weighted by Crippen LogP contribution is 2.29. The number of aromatic nitrogens is 5. The molecule has 1 N–H and O–H groups in total. The third kappa shape index (κ3) is 4.38. The number of hydrogen-bond acceptors (Lipinski definition) is 4. The Kier molecular flexibility index (Phi) is 5.21. The summed E-state index contributed by atoms with van der Waals surface area (Å²) in [5.74, 6) is -0.488. The summed E-state index contributed by atoms with van der Waals surface area (Å²) in [4.78, 5) is 16.4. The lowest BCUT2D eigenvalue weighted by Gasteiger charge is -2.13. The van der Waals surface area contributed by atoms with Crippen LogP contribution in [0.5, 0.6) is 0 Å². The zero-order valence-corrected chi connectivity index (χ0v) is 15.5. The van der Waals surface area contributed by atoms with Gasteiger partial charge in [0, 0.05) is 5.69 Å². The molecule has 0 fully saturated rings. The molecule has 2 heterocycles. The van der Waals surface area contributed by atoms with Crippen molar-refractivity contribution in [1.29, 1.82) is 0 Å². The fourth-order valence-corrected chi connectivity index (χ4v) is 2.65. The second-order valence-electron chi connectivity index (χ2n) is 6.53. The van der Waals surface area contributed by atoms with Gasteiger partial charge in [0.1, 0.15) is 12.4 Å². The normalized spacial score (nSPS) is 12.8. The van der Waals surface area contributed by atoms with Crippen molar-refractivity contribution in [3.63, 3.8) is 0 Å². The number of aryl methyl sites for hydroxylation is 2. The Morgan fingerprint density at radius 3 is 2.46 bits per heavy atom. The van der Waals surface area contributed by atoms with Gasteiger partial charge < -0.3 is 0 Å². The first-order chi connectivity index (χ1) is 13.1. The summed E-state index contributed by atoms with van der Waals surface area (Å²) in [7, 11) is 0. The molecular weight excluding hydrogens is 373 g/mol. The van der Waals surface area contributed by atoms with Gasteiger partial charge in [0.2, 0.25) is 5.95 Å². The summed E-state index contributed by atoms with van der Waals surface area (Å²) in [5.41, 5.74) is 1.36. The van der Waals surface area contributed by atoms with Crippen molar-refractivity contribution in [1.82, 2.24) is 24.5 Å². The van der Waals surface area contributed by atoms with E-state index in [-0.39, 0.29) is 11.6 Å². The molecule has 1 amide bonds. The molecule has 0 aliphatic rings. The maximum absolute atomic E-state index is 12.8. The van der Waals surface area contributed by atoms with Crippen molar-refractivity contribution < 1.29 is 18.0 Å². The van der Waals surface area contributed by atoms with Crippen molar-refractivity contribution in [2.24, 2.45) is 0 Å². The summed E-state index contributed by atoms with van der Waals surface area (Å²) in [6.45, 7) is 5.39. The number of anilines is 1. The summed E-state index contributed by atoms with van der Waals surface area (Å²) in [6.07, 6.45) is -3.09. The molecule has 148 valence electrons. The highest BCUT2D eigenvalue weighted by molar-refractivity contribution is 5.91. The Hall–Kier alpha value is -3.17. The second kappa shape index (κ2) is 7.45. The highest BCUT2D eigenvalue weighted by Gasteiger charge is 2.35. The minimum absolute atomic E-state index is 0.0739. The minimum atomic E-state index is -4.57.